The molecule has 7 heteroatoms. The number of fused-ring (bicyclic) bond motifs is 1. The lowest BCUT2D eigenvalue weighted by molar-refractivity contribution is 0.601. The van der Waals surface area contributed by atoms with E-state index in [2.05, 4.69) is 39.4 Å². The lowest BCUT2D eigenvalue weighted by atomic mass is 10.1. The molecule has 0 aliphatic carbocycles. The summed E-state index contributed by atoms with van der Waals surface area (Å²) < 4.78 is 1.96. The molecule has 0 bridgehead atoms. The number of anilines is 2. The third kappa shape index (κ3) is 2.69. The zero-order valence-electron chi connectivity index (χ0n) is 12.3. The summed E-state index contributed by atoms with van der Waals surface area (Å²) in [5.74, 6) is 1.57. The van der Waals surface area contributed by atoms with Crippen molar-refractivity contribution in [3.8, 4) is 0 Å². The maximum Gasteiger partial charge on any atom is 0.180 e. The number of hydrogen-bond donors (Lipinski definition) is 2. The Hall–Kier alpha value is -2.15. The molecule has 0 fully saturated rings. The smallest absolute Gasteiger partial charge is 0.180 e. The first-order chi connectivity index (χ1) is 10.1. The van der Waals surface area contributed by atoms with Crippen molar-refractivity contribution in [2.45, 2.75) is 26.3 Å². The summed E-state index contributed by atoms with van der Waals surface area (Å²) in [5.41, 5.74) is 0.500. The Bertz CT molecular complexity index is 731. The highest BCUT2D eigenvalue weighted by atomic mass is 32.1. The van der Waals surface area contributed by atoms with E-state index in [0.29, 0.717) is 0 Å². The molecule has 110 valence electrons. The minimum atomic E-state index is -0.307. The van der Waals surface area contributed by atoms with Gasteiger partial charge in [-0.15, -0.1) is 11.3 Å². The molecule has 0 spiro atoms. The zero-order chi connectivity index (χ0) is 14.9. The summed E-state index contributed by atoms with van der Waals surface area (Å²) in [6.07, 6.45) is 7.44. The van der Waals surface area contributed by atoms with Gasteiger partial charge in [-0.1, -0.05) is 0 Å². The molecule has 0 saturated carbocycles. The first-order valence-electron chi connectivity index (χ1n) is 6.86. The molecule has 0 aliphatic heterocycles. The number of nitrogens with one attached hydrogen (secondary N) is 2. The average Bonchev–Trinajstić information content (AvgIpc) is 3.10. The maximum absolute atomic E-state index is 4.63. The lowest BCUT2D eigenvalue weighted by Crippen LogP contribution is -2.28. The summed E-state index contributed by atoms with van der Waals surface area (Å²) in [5, 5.41) is 9.69. The van der Waals surface area contributed by atoms with Crippen LogP contribution in [0.5, 0.6) is 0 Å². The monoisotopic (exact) mass is 302 g/mol. The summed E-state index contributed by atoms with van der Waals surface area (Å²) >= 11 is 1.63. The van der Waals surface area contributed by atoms with Gasteiger partial charge in [-0.25, -0.2) is 15.0 Å². The predicted molar refractivity (Wildman–Crippen MR) is 85.9 cm³/mol. The molecule has 0 amide bonds. The predicted octanol–water partition coefficient (Wildman–Crippen LogP) is 2.96. The van der Waals surface area contributed by atoms with Crippen molar-refractivity contribution in [3.05, 3.63) is 35.2 Å². The van der Waals surface area contributed by atoms with Crippen molar-refractivity contribution in [1.82, 2.24) is 19.4 Å². The molecule has 0 unspecified atom stereocenters. The second-order valence-electron chi connectivity index (χ2n) is 5.25. The van der Waals surface area contributed by atoms with Gasteiger partial charge < -0.3 is 15.0 Å². The normalized spacial score (nSPS) is 11.8. The summed E-state index contributed by atoms with van der Waals surface area (Å²) in [4.78, 5) is 13.4. The van der Waals surface area contributed by atoms with Crippen molar-refractivity contribution in [3.63, 3.8) is 0 Å². The van der Waals surface area contributed by atoms with Crippen LogP contribution in [0.2, 0.25) is 0 Å². The molecule has 3 aromatic heterocycles. The fraction of sp³-hybridized carbons (Fsp3) is 0.357. The van der Waals surface area contributed by atoms with Crippen LogP contribution in [0.4, 0.5) is 11.6 Å². The van der Waals surface area contributed by atoms with Gasteiger partial charge in [-0.05, 0) is 20.8 Å². The van der Waals surface area contributed by atoms with Crippen LogP contribution in [-0.2, 0) is 5.54 Å². The Morgan fingerprint density at radius 1 is 1.29 bits per heavy atom. The van der Waals surface area contributed by atoms with E-state index in [0.717, 1.165) is 28.8 Å². The van der Waals surface area contributed by atoms with Crippen LogP contribution < -0.4 is 10.6 Å². The minimum absolute atomic E-state index is 0.307. The van der Waals surface area contributed by atoms with Crippen LogP contribution in [0.25, 0.3) is 5.65 Å². The molecule has 0 aliphatic rings. The van der Waals surface area contributed by atoms with Crippen molar-refractivity contribution < 1.29 is 0 Å². The highest BCUT2D eigenvalue weighted by molar-refractivity contribution is 7.09. The molecule has 0 aromatic carbocycles. The van der Waals surface area contributed by atoms with E-state index in [4.69, 9.17) is 0 Å². The van der Waals surface area contributed by atoms with Gasteiger partial charge in [-0.3, -0.25) is 0 Å². The highest BCUT2D eigenvalue weighted by Crippen LogP contribution is 2.28. The van der Waals surface area contributed by atoms with Crippen molar-refractivity contribution >= 4 is 28.6 Å². The van der Waals surface area contributed by atoms with E-state index in [1.807, 2.05) is 35.3 Å². The third-order valence-electron chi connectivity index (χ3n) is 3.13. The molecule has 6 nitrogen and oxygen atoms in total. The van der Waals surface area contributed by atoms with E-state index in [1.54, 1.807) is 17.5 Å². The van der Waals surface area contributed by atoms with Crippen LogP contribution in [0, 0.1) is 0 Å². The molecule has 0 saturated heterocycles. The molecule has 3 heterocycles. The van der Waals surface area contributed by atoms with Crippen LogP contribution in [0.3, 0.4) is 0 Å². The Balaban J connectivity index is 2.01. The Kier molecular flexibility index (Phi) is 3.50. The Morgan fingerprint density at radius 2 is 2.14 bits per heavy atom. The first-order valence-corrected chi connectivity index (χ1v) is 7.74. The second-order valence-corrected chi connectivity index (χ2v) is 6.15. The van der Waals surface area contributed by atoms with Crippen molar-refractivity contribution in [1.29, 1.82) is 0 Å². The van der Waals surface area contributed by atoms with Gasteiger partial charge in [0.05, 0.1) is 11.7 Å². The maximum atomic E-state index is 4.63. The van der Waals surface area contributed by atoms with E-state index < -0.39 is 0 Å². The highest BCUT2D eigenvalue weighted by Gasteiger charge is 2.25. The average molecular weight is 302 g/mol. The fourth-order valence-electron chi connectivity index (χ4n) is 2.16. The van der Waals surface area contributed by atoms with E-state index >= 15 is 0 Å². The number of rotatable bonds is 5. The third-order valence-corrected chi connectivity index (χ3v) is 4.23. The quantitative estimate of drug-likeness (QED) is 0.758. The standard InChI is InChI=1S/C14H18N6S/c1-4-15-10-9-20-7-5-16-12(20)11(18-10)19-14(2,3)13-17-6-8-21-13/h5-9,15H,4H2,1-3H3,(H,18,19). The summed E-state index contributed by atoms with van der Waals surface area (Å²) in [7, 11) is 0. The van der Waals surface area contributed by atoms with Gasteiger partial charge in [0.15, 0.2) is 11.5 Å². The summed E-state index contributed by atoms with van der Waals surface area (Å²) in [6, 6.07) is 0. The molecule has 2 N–H and O–H groups in total. The molecular formula is C14H18N6S. The van der Waals surface area contributed by atoms with Gasteiger partial charge in [0.2, 0.25) is 0 Å². The molecule has 0 radical (unpaired) electrons. The number of imidazole rings is 1. The fourth-order valence-corrected chi connectivity index (χ4v) is 2.88. The zero-order valence-corrected chi connectivity index (χ0v) is 13.1. The SMILES string of the molecule is CCNc1cn2ccnc2c(NC(C)(C)c2nccs2)n1. The van der Waals surface area contributed by atoms with E-state index in [-0.39, 0.29) is 5.54 Å². The molecule has 0 atom stereocenters. The van der Waals surface area contributed by atoms with Crippen LogP contribution in [0.15, 0.2) is 30.2 Å². The van der Waals surface area contributed by atoms with E-state index in [9.17, 15) is 0 Å². The lowest BCUT2D eigenvalue weighted by Gasteiger charge is -2.25. The molecule has 21 heavy (non-hydrogen) atoms. The van der Waals surface area contributed by atoms with Crippen LogP contribution in [0.1, 0.15) is 25.8 Å². The van der Waals surface area contributed by atoms with E-state index in [1.165, 1.54) is 0 Å². The Labute approximate surface area is 127 Å². The minimum Gasteiger partial charge on any atom is -0.369 e. The van der Waals surface area contributed by atoms with Crippen molar-refractivity contribution in [2.24, 2.45) is 0 Å². The number of nitrogens with zero attached hydrogens (tertiary/aromatic N) is 4. The Morgan fingerprint density at radius 3 is 2.86 bits per heavy atom. The van der Waals surface area contributed by atoms with Gasteiger partial charge in [0.1, 0.15) is 10.8 Å². The summed E-state index contributed by atoms with van der Waals surface area (Å²) in [6.45, 7) is 7.05. The molecular weight excluding hydrogens is 284 g/mol. The van der Waals surface area contributed by atoms with Crippen molar-refractivity contribution in [2.75, 3.05) is 17.2 Å². The largest absolute Gasteiger partial charge is 0.369 e. The van der Waals surface area contributed by atoms with Gasteiger partial charge in [0, 0.05) is 30.5 Å². The van der Waals surface area contributed by atoms with Gasteiger partial charge in [0.25, 0.3) is 0 Å². The number of aromatic nitrogens is 4. The first kappa shape index (κ1) is 13.8. The van der Waals surface area contributed by atoms with Gasteiger partial charge >= 0.3 is 0 Å². The molecule has 3 aromatic rings. The van der Waals surface area contributed by atoms with Crippen LogP contribution in [-0.4, -0.2) is 25.9 Å². The topological polar surface area (TPSA) is 67.1 Å². The number of hydrogen-bond acceptors (Lipinski definition) is 6. The molecule has 3 rings (SSSR count). The number of thiazole rings is 1. The van der Waals surface area contributed by atoms with Crippen LogP contribution >= 0.6 is 11.3 Å². The second kappa shape index (κ2) is 5.33. The van der Waals surface area contributed by atoms with Gasteiger partial charge in [-0.2, -0.15) is 0 Å².